The van der Waals surface area contributed by atoms with Crippen LogP contribution in [-0.4, -0.2) is 25.0 Å². The number of ether oxygens (including phenoxy) is 3. The van der Waals surface area contributed by atoms with E-state index in [1.807, 2.05) is 29.6 Å². The van der Waals surface area contributed by atoms with Crippen molar-refractivity contribution in [1.82, 2.24) is 4.98 Å². The Labute approximate surface area is 172 Å². The standard InChI is InChI=1S/C21H18ClNO4S/c1-25-20-10-21(26-2)18(22)9-17(20)19(24)8-5-14-3-6-16(7-4-14)27-11-15-12-28-13-23-15/h3-10,12-13H,11H2,1-2H3/b8-5+. The number of benzene rings is 2. The van der Waals surface area contributed by atoms with Crippen molar-refractivity contribution in [2.45, 2.75) is 6.61 Å². The van der Waals surface area contributed by atoms with E-state index < -0.39 is 0 Å². The first kappa shape index (κ1) is 19.9. The lowest BCUT2D eigenvalue weighted by Crippen LogP contribution is -2.00. The number of carbonyl (C=O) groups is 1. The van der Waals surface area contributed by atoms with Gasteiger partial charge in [-0.2, -0.15) is 0 Å². The number of thiazole rings is 1. The predicted octanol–water partition coefficient (Wildman–Crippen LogP) is 5.29. The largest absolute Gasteiger partial charge is 0.496 e. The Bertz CT molecular complexity index is 969. The van der Waals surface area contributed by atoms with E-state index in [2.05, 4.69) is 4.98 Å². The predicted molar refractivity (Wildman–Crippen MR) is 111 cm³/mol. The molecule has 0 spiro atoms. The molecule has 5 nitrogen and oxygen atoms in total. The Balaban J connectivity index is 1.68. The molecule has 0 N–H and O–H groups in total. The van der Waals surface area contributed by atoms with Gasteiger partial charge in [0.25, 0.3) is 0 Å². The van der Waals surface area contributed by atoms with Gasteiger partial charge in [-0.3, -0.25) is 4.79 Å². The zero-order valence-corrected chi connectivity index (χ0v) is 16.9. The van der Waals surface area contributed by atoms with E-state index in [-0.39, 0.29) is 5.78 Å². The normalized spacial score (nSPS) is 10.8. The van der Waals surface area contributed by atoms with E-state index >= 15 is 0 Å². The fourth-order valence-electron chi connectivity index (χ4n) is 2.46. The molecular formula is C21H18ClNO4S. The maximum atomic E-state index is 12.6. The molecule has 0 aliphatic heterocycles. The van der Waals surface area contributed by atoms with Crippen molar-refractivity contribution in [3.8, 4) is 17.2 Å². The van der Waals surface area contributed by atoms with Gasteiger partial charge in [0.05, 0.1) is 36.0 Å². The summed E-state index contributed by atoms with van der Waals surface area (Å²) in [7, 11) is 3.00. The summed E-state index contributed by atoms with van der Waals surface area (Å²) in [6, 6.07) is 10.6. The molecule has 28 heavy (non-hydrogen) atoms. The highest BCUT2D eigenvalue weighted by Crippen LogP contribution is 2.33. The number of methoxy groups -OCH3 is 2. The topological polar surface area (TPSA) is 57.7 Å². The minimum atomic E-state index is -0.217. The molecule has 0 bridgehead atoms. The van der Waals surface area contributed by atoms with Gasteiger partial charge < -0.3 is 14.2 Å². The van der Waals surface area contributed by atoms with Crippen molar-refractivity contribution in [3.05, 3.63) is 75.2 Å². The smallest absolute Gasteiger partial charge is 0.189 e. The molecule has 0 unspecified atom stereocenters. The number of carbonyl (C=O) groups excluding carboxylic acids is 1. The molecule has 0 atom stereocenters. The fraction of sp³-hybridized carbons (Fsp3) is 0.143. The molecule has 0 radical (unpaired) electrons. The van der Waals surface area contributed by atoms with Crippen LogP contribution in [0.1, 0.15) is 21.6 Å². The Morgan fingerprint density at radius 1 is 1.14 bits per heavy atom. The summed E-state index contributed by atoms with van der Waals surface area (Å²) in [5, 5.41) is 2.30. The lowest BCUT2D eigenvalue weighted by molar-refractivity contribution is 0.104. The van der Waals surface area contributed by atoms with Gasteiger partial charge in [-0.25, -0.2) is 4.98 Å². The van der Waals surface area contributed by atoms with Gasteiger partial charge >= 0.3 is 0 Å². The minimum Gasteiger partial charge on any atom is -0.496 e. The molecule has 2 aromatic carbocycles. The average molecular weight is 416 g/mol. The Kier molecular flexibility index (Phi) is 6.68. The second-order valence-electron chi connectivity index (χ2n) is 5.72. The monoisotopic (exact) mass is 415 g/mol. The first-order chi connectivity index (χ1) is 13.6. The minimum absolute atomic E-state index is 0.217. The third-order valence-corrected chi connectivity index (χ3v) is 4.85. The van der Waals surface area contributed by atoms with E-state index in [1.54, 1.807) is 23.7 Å². The van der Waals surface area contributed by atoms with E-state index in [0.717, 1.165) is 17.0 Å². The van der Waals surface area contributed by atoms with E-state index in [4.69, 9.17) is 25.8 Å². The first-order valence-electron chi connectivity index (χ1n) is 8.34. The van der Waals surface area contributed by atoms with Crippen LogP contribution in [-0.2, 0) is 6.61 Å². The lowest BCUT2D eigenvalue weighted by Gasteiger charge is -2.10. The van der Waals surface area contributed by atoms with Crippen LogP contribution in [0.5, 0.6) is 17.2 Å². The van der Waals surface area contributed by atoms with Gasteiger partial charge in [-0.05, 0) is 29.8 Å². The van der Waals surface area contributed by atoms with Gasteiger partial charge in [-0.15, -0.1) is 11.3 Å². The summed E-state index contributed by atoms with van der Waals surface area (Å²) in [4.78, 5) is 16.7. The summed E-state index contributed by atoms with van der Waals surface area (Å²) in [5.74, 6) is 1.37. The van der Waals surface area contributed by atoms with Gasteiger partial charge in [-0.1, -0.05) is 29.8 Å². The van der Waals surface area contributed by atoms with Crippen molar-refractivity contribution in [2.75, 3.05) is 14.2 Å². The highest BCUT2D eigenvalue weighted by atomic mass is 35.5. The van der Waals surface area contributed by atoms with Crippen LogP contribution in [0.4, 0.5) is 0 Å². The Hall–Kier alpha value is -2.83. The molecule has 0 saturated carbocycles. The van der Waals surface area contributed by atoms with Crippen LogP contribution >= 0.6 is 22.9 Å². The van der Waals surface area contributed by atoms with Crippen molar-refractivity contribution >= 4 is 34.8 Å². The number of aromatic nitrogens is 1. The van der Waals surface area contributed by atoms with Crippen LogP contribution in [0, 0.1) is 0 Å². The van der Waals surface area contributed by atoms with E-state index in [1.165, 1.54) is 31.6 Å². The molecule has 7 heteroatoms. The molecule has 0 amide bonds. The van der Waals surface area contributed by atoms with Crippen LogP contribution < -0.4 is 14.2 Å². The number of ketones is 1. The summed E-state index contributed by atoms with van der Waals surface area (Å²) in [6.07, 6.45) is 3.20. The molecule has 3 rings (SSSR count). The summed E-state index contributed by atoms with van der Waals surface area (Å²) < 4.78 is 16.1. The molecule has 0 aliphatic carbocycles. The molecular weight excluding hydrogens is 398 g/mol. The highest BCUT2D eigenvalue weighted by Gasteiger charge is 2.14. The zero-order valence-electron chi connectivity index (χ0n) is 15.3. The second kappa shape index (κ2) is 9.39. The van der Waals surface area contributed by atoms with Gasteiger partial charge in [0, 0.05) is 11.4 Å². The maximum Gasteiger partial charge on any atom is 0.189 e. The number of hydrogen-bond donors (Lipinski definition) is 0. The van der Waals surface area contributed by atoms with Crippen molar-refractivity contribution < 1.29 is 19.0 Å². The SMILES string of the molecule is COc1cc(OC)c(C(=O)/C=C/c2ccc(OCc3cscn3)cc2)cc1Cl. The van der Waals surface area contributed by atoms with Crippen molar-refractivity contribution in [2.24, 2.45) is 0 Å². The maximum absolute atomic E-state index is 12.6. The number of hydrogen-bond acceptors (Lipinski definition) is 6. The zero-order chi connectivity index (χ0) is 19.9. The van der Waals surface area contributed by atoms with Crippen LogP contribution in [0.15, 0.2) is 53.4 Å². The fourth-order valence-corrected chi connectivity index (χ4v) is 3.24. The van der Waals surface area contributed by atoms with Crippen molar-refractivity contribution in [1.29, 1.82) is 0 Å². The van der Waals surface area contributed by atoms with Gasteiger partial charge in [0.1, 0.15) is 23.9 Å². The first-order valence-corrected chi connectivity index (χ1v) is 9.66. The quantitative estimate of drug-likeness (QED) is 0.369. The number of allylic oxidation sites excluding steroid dienone is 1. The molecule has 144 valence electrons. The van der Waals surface area contributed by atoms with Gasteiger partial charge in [0.15, 0.2) is 5.78 Å². The molecule has 1 heterocycles. The molecule has 0 fully saturated rings. The van der Waals surface area contributed by atoms with Crippen LogP contribution in [0.3, 0.4) is 0 Å². The van der Waals surface area contributed by atoms with Crippen LogP contribution in [0.2, 0.25) is 5.02 Å². The van der Waals surface area contributed by atoms with Gasteiger partial charge in [0.2, 0.25) is 0 Å². The summed E-state index contributed by atoms with van der Waals surface area (Å²) in [5.41, 5.74) is 3.90. The molecule has 0 aliphatic rings. The van der Waals surface area contributed by atoms with Crippen molar-refractivity contribution in [3.63, 3.8) is 0 Å². The third-order valence-electron chi connectivity index (χ3n) is 3.92. The lowest BCUT2D eigenvalue weighted by atomic mass is 10.1. The van der Waals surface area contributed by atoms with E-state index in [9.17, 15) is 4.79 Å². The number of rotatable bonds is 8. The molecule has 0 saturated heterocycles. The average Bonchev–Trinajstić information content (AvgIpc) is 3.24. The molecule has 1 aromatic heterocycles. The summed E-state index contributed by atoms with van der Waals surface area (Å²) in [6.45, 7) is 0.426. The van der Waals surface area contributed by atoms with E-state index in [0.29, 0.717) is 28.7 Å². The number of halogens is 1. The Morgan fingerprint density at radius 3 is 2.54 bits per heavy atom. The summed E-state index contributed by atoms with van der Waals surface area (Å²) >= 11 is 7.66. The third kappa shape index (κ3) is 4.91. The van der Waals surface area contributed by atoms with Crippen LogP contribution in [0.25, 0.3) is 6.08 Å². The number of nitrogens with zero attached hydrogens (tertiary/aromatic N) is 1. The second-order valence-corrected chi connectivity index (χ2v) is 6.85. The molecule has 3 aromatic rings. The Morgan fingerprint density at radius 2 is 1.89 bits per heavy atom. The highest BCUT2D eigenvalue weighted by molar-refractivity contribution is 7.07.